The van der Waals surface area contributed by atoms with E-state index in [2.05, 4.69) is 11.9 Å². The zero-order valence-electron chi connectivity index (χ0n) is 7.72. The summed E-state index contributed by atoms with van der Waals surface area (Å²) in [7, 11) is 4.04. The highest BCUT2D eigenvalue weighted by molar-refractivity contribution is 4.88. The van der Waals surface area contributed by atoms with E-state index in [0.29, 0.717) is 5.41 Å². The van der Waals surface area contributed by atoms with Gasteiger partial charge in [-0.15, -0.1) is 0 Å². The summed E-state index contributed by atoms with van der Waals surface area (Å²) in [4.78, 5) is 2.23. The number of nitrogens with zero attached hydrogens (tertiary/aromatic N) is 1. The van der Waals surface area contributed by atoms with Gasteiger partial charge in [-0.1, -0.05) is 0 Å². The lowest BCUT2D eigenvalue weighted by Gasteiger charge is -2.47. The van der Waals surface area contributed by atoms with Crippen molar-refractivity contribution in [1.82, 2.24) is 4.90 Å². The molecule has 0 radical (unpaired) electrons. The van der Waals surface area contributed by atoms with Crippen molar-refractivity contribution in [3.8, 4) is 0 Å². The molecule has 1 spiro atoms. The van der Waals surface area contributed by atoms with Gasteiger partial charge in [-0.25, -0.2) is 0 Å². The molecule has 2 heterocycles. The third-order valence-corrected chi connectivity index (χ3v) is 3.29. The Labute approximate surface area is 74.9 Å². The predicted octanol–water partition coefficient (Wildman–Crippen LogP) is 1.67. The topological polar surface area (TPSA) is 12.5 Å². The normalized spacial score (nSPS) is 30.8. The highest BCUT2D eigenvalue weighted by Gasteiger charge is 2.33. The molecule has 2 saturated heterocycles. The number of piperidine rings is 1. The molecule has 70 valence electrons. The number of hydrogen-bond acceptors (Lipinski definition) is 2. The van der Waals surface area contributed by atoms with E-state index in [4.69, 9.17) is 4.74 Å². The van der Waals surface area contributed by atoms with Crippen LogP contribution in [0, 0.1) is 12.5 Å². The number of ether oxygens (including phenoxy) is 1. The fourth-order valence-corrected chi connectivity index (χ4v) is 2.52. The summed E-state index contributed by atoms with van der Waals surface area (Å²) in [6.45, 7) is 4.31. The second-order valence-corrected chi connectivity index (χ2v) is 4.27. The molecule has 0 N–H and O–H groups in total. The first-order valence-electron chi connectivity index (χ1n) is 4.94. The quantitative estimate of drug-likeness (QED) is 0.510. The van der Waals surface area contributed by atoms with E-state index in [1.807, 2.05) is 0 Å². The predicted molar refractivity (Wildman–Crippen MR) is 48.7 cm³/mol. The van der Waals surface area contributed by atoms with Crippen molar-refractivity contribution in [2.45, 2.75) is 25.7 Å². The average Bonchev–Trinajstić information content (AvgIpc) is 2.05. The van der Waals surface area contributed by atoms with E-state index in [1.165, 1.54) is 38.8 Å². The monoisotopic (exact) mass is 168 g/mol. The van der Waals surface area contributed by atoms with Crippen LogP contribution >= 0.6 is 0 Å². The highest BCUT2D eigenvalue weighted by atomic mass is 16.5. The SMILES string of the molecule is [CH2-]N1CCCC2(CCOCC2)C1. The summed E-state index contributed by atoms with van der Waals surface area (Å²) in [5.74, 6) is 0. The van der Waals surface area contributed by atoms with Crippen molar-refractivity contribution in [1.29, 1.82) is 0 Å². The molecule has 0 aromatic heterocycles. The van der Waals surface area contributed by atoms with E-state index < -0.39 is 0 Å². The van der Waals surface area contributed by atoms with Crippen LogP contribution in [-0.4, -0.2) is 31.2 Å². The third kappa shape index (κ3) is 1.64. The molecule has 2 heteroatoms. The van der Waals surface area contributed by atoms with E-state index in [1.54, 1.807) is 0 Å². The fourth-order valence-electron chi connectivity index (χ4n) is 2.52. The van der Waals surface area contributed by atoms with Gasteiger partial charge in [0.1, 0.15) is 0 Å². The van der Waals surface area contributed by atoms with Crippen LogP contribution in [0.3, 0.4) is 0 Å². The van der Waals surface area contributed by atoms with Gasteiger partial charge in [-0.3, -0.25) is 7.05 Å². The molecule has 2 rings (SSSR count). The van der Waals surface area contributed by atoms with Gasteiger partial charge < -0.3 is 9.64 Å². The third-order valence-electron chi connectivity index (χ3n) is 3.29. The molecule has 0 aromatic carbocycles. The molecule has 12 heavy (non-hydrogen) atoms. The Kier molecular flexibility index (Phi) is 2.37. The van der Waals surface area contributed by atoms with Crippen molar-refractivity contribution >= 4 is 0 Å². The zero-order chi connectivity index (χ0) is 8.44. The second kappa shape index (κ2) is 3.35. The van der Waals surface area contributed by atoms with Crippen LogP contribution in [0.1, 0.15) is 25.7 Å². The Balaban J connectivity index is 1.97. The van der Waals surface area contributed by atoms with Crippen molar-refractivity contribution in [2.75, 3.05) is 26.3 Å². The highest BCUT2D eigenvalue weighted by Crippen LogP contribution is 2.38. The minimum Gasteiger partial charge on any atom is -0.459 e. The molecule has 0 amide bonds. The van der Waals surface area contributed by atoms with Gasteiger partial charge in [0.25, 0.3) is 0 Å². The zero-order valence-corrected chi connectivity index (χ0v) is 7.72. The number of likely N-dealkylation sites (tertiary alicyclic amines) is 1. The first kappa shape index (κ1) is 8.52. The Hall–Kier alpha value is -0.0800. The summed E-state index contributed by atoms with van der Waals surface area (Å²) < 4.78 is 5.39. The summed E-state index contributed by atoms with van der Waals surface area (Å²) in [6.07, 6.45) is 5.21. The lowest BCUT2D eigenvalue weighted by atomic mass is 9.74. The smallest absolute Gasteiger partial charge is 0.0471 e. The standard InChI is InChI=1S/C10H18NO/c1-11-6-2-3-10(9-11)4-7-12-8-5-10/h1-9H2/q-1. The van der Waals surface area contributed by atoms with E-state index in [0.717, 1.165) is 13.2 Å². The van der Waals surface area contributed by atoms with Crippen molar-refractivity contribution in [2.24, 2.45) is 5.41 Å². The molecule has 2 aliphatic heterocycles. The van der Waals surface area contributed by atoms with E-state index >= 15 is 0 Å². The van der Waals surface area contributed by atoms with Gasteiger partial charge in [-0.05, 0) is 44.2 Å². The lowest BCUT2D eigenvalue weighted by molar-refractivity contribution is -0.0183. The molecule has 2 aliphatic rings. The molecule has 0 aliphatic carbocycles. The van der Waals surface area contributed by atoms with Crippen LogP contribution in [0.5, 0.6) is 0 Å². The molecule has 0 atom stereocenters. The van der Waals surface area contributed by atoms with Crippen LogP contribution in [0.4, 0.5) is 0 Å². The van der Waals surface area contributed by atoms with Crippen molar-refractivity contribution < 1.29 is 4.74 Å². The van der Waals surface area contributed by atoms with Crippen LogP contribution in [0.25, 0.3) is 0 Å². The van der Waals surface area contributed by atoms with Crippen LogP contribution in [-0.2, 0) is 4.74 Å². The molecule has 2 nitrogen and oxygen atoms in total. The second-order valence-electron chi connectivity index (χ2n) is 4.27. The maximum absolute atomic E-state index is 5.39. The van der Waals surface area contributed by atoms with Gasteiger partial charge in [-0.2, -0.15) is 0 Å². The summed E-state index contributed by atoms with van der Waals surface area (Å²) >= 11 is 0. The van der Waals surface area contributed by atoms with Crippen LogP contribution < -0.4 is 0 Å². The van der Waals surface area contributed by atoms with Crippen LogP contribution in [0.2, 0.25) is 0 Å². The molecular weight excluding hydrogens is 150 g/mol. The Morgan fingerprint density at radius 3 is 2.58 bits per heavy atom. The summed E-state index contributed by atoms with van der Waals surface area (Å²) in [5.41, 5.74) is 0.568. The minimum atomic E-state index is 0.568. The molecule has 2 fully saturated rings. The minimum absolute atomic E-state index is 0.568. The summed E-state index contributed by atoms with van der Waals surface area (Å²) in [6, 6.07) is 0. The lowest BCUT2D eigenvalue weighted by Crippen LogP contribution is -2.43. The average molecular weight is 168 g/mol. The largest absolute Gasteiger partial charge is 0.459 e. The van der Waals surface area contributed by atoms with E-state index in [9.17, 15) is 0 Å². The molecule has 0 aromatic rings. The molecular formula is C10H18NO-. The fraction of sp³-hybridized carbons (Fsp3) is 0.900. The van der Waals surface area contributed by atoms with Gasteiger partial charge >= 0.3 is 0 Å². The van der Waals surface area contributed by atoms with Gasteiger partial charge in [0.05, 0.1) is 0 Å². The first-order chi connectivity index (χ1) is 5.81. The van der Waals surface area contributed by atoms with Crippen molar-refractivity contribution in [3.05, 3.63) is 7.05 Å². The van der Waals surface area contributed by atoms with Crippen LogP contribution in [0.15, 0.2) is 0 Å². The first-order valence-corrected chi connectivity index (χ1v) is 4.94. The Bertz CT molecular complexity index is 146. The van der Waals surface area contributed by atoms with Gasteiger partial charge in [0, 0.05) is 13.2 Å². The van der Waals surface area contributed by atoms with Gasteiger partial charge in [0.15, 0.2) is 0 Å². The number of rotatable bonds is 0. The van der Waals surface area contributed by atoms with Gasteiger partial charge in [0.2, 0.25) is 0 Å². The maximum atomic E-state index is 5.39. The summed E-state index contributed by atoms with van der Waals surface area (Å²) in [5, 5.41) is 0. The number of hydrogen-bond donors (Lipinski definition) is 0. The van der Waals surface area contributed by atoms with E-state index in [-0.39, 0.29) is 0 Å². The molecule has 0 saturated carbocycles. The Morgan fingerprint density at radius 2 is 1.92 bits per heavy atom. The Morgan fingerprint density at radius 1 is 1.17 bits per heavy atom. The maximum Gasteiger partial charge on any atom is 0.0471 e. The van der Waals surface area contributed by atoms with Crippen molar-refractivity contribution in [3.63, 3.8) is 0 Å². The molecule has 0 bridgehead atoms. The molecule has 0 unspecified atom stereocenters.